The molecule has 2 heterocycles. The van der Waals surface area contributed by atoms with Crippen molar-refractivity contribution in [1.29, 1.82) is 0 Å². The van der Waals surface area contributed by atoms with Crippen molar-refractivity contribution in [3.63, 3.8) is 0 Å². The molecule has 1 fully saturated rings. The van der Waals surface area contributed by atoms with Crippen LogP contribution < -0.4 is 4.72 Å². The Kier molecular flexibility index (Phi) is 5.54. The molecule has 7 heteroatoms. The van der Waals surface area contributed by atoms with Gasteiger partial charge in [-0.05, 0) is 31.7 Å². The summed E-state index contributed by atoms with van der Waals surface area (Å²) in [6, 6.07) is 0. The van der Waals surface area contributed by atoms with Gasteiger partial charge in [-0.15, -0.1) is 11.3 Å². The molecule has 0 aromatic carbocycles. The van der Waals surface area contributed by atoms with Gasteiger partial charge in [-0.2, -0.15) is 0 Å². The van der Waals surface area contributed by atoms with E-state index in [-0.39, 0.29) is 0 Å². The van der Waals surface area contributed by atoms with Gasteiger partial charge in [0.1, 0.15) is 0 Å². The lowest BCUT2D eigenvalue weighted by Gasteiger charge is -2.32. The van der Waals surface area contributed by atoms with Gasteiger partial charge in [0.05, 0.1) is 17.0 Å². The van der Waals surface area contributed by atoms with Crippen LogP contribution in [0.25, 0.3) is 0 Å². The molecule has 0 spiro atoms. The molecular formula is C13H23N3O2S2. The first-order valence-electron chi connectivity index (χ1n) is 7.06. The van der Waals surface area contributed by atoms with Crippen LogP contribution in [0.15, 0.2) is 5.38 Å². The van der Waals surface area contributed by atoms with Crippen molar-refractivity contribution >= 4 is 21.4 Å². The number of nitrogens with one attached hydrogen (secondary N) is 1. The van der Waals surface area contributed by atoms with Gasteiger partial charge in [0, 0.05) is 25.0 Å². The van der Waals surface area contributed by atoms with Gasteiger partial charge in [0.25, 0.3) is 0 Å². The summed E-state index contributed by atoms with van der Waals surface area (Å²) in [5, 5.41) is 3.32. The highest BCUT2D eigenvalue weighted by atomic mass is 32.2. The fraction of sp³-hybridized carbons (Fsp3) is 0.769. The van der Waals surface area contributed by atoms with Crippen molar-refractivity contribution in [2.45, 2.75) is 32.7 Å². The zero-order valence-corrected chi connectivity index (χ0v) is 13.8. The van der Waals surface area contributed by atoms with Crippen molar-refractivity contribution in [3.8, 4) is 0 Å². The Morgan fingerprint density at radius 2 is 2.35 bits per heavy atom. The summed E-state index contributed by atoms with van der Waals surface area (Å²) < 4.78 is 24.9. The fourth-order valence-electron chi connectivity index (χ4n) is 2.54. The number of sulfonamides is 1. The third-order valence-corrected chi connectivity index (χ3v) is 5.26. The third kappa shape index (κ3) is 5.12. The molecule has 1 unspecified atom stereocenters. The Morgan fingerprint density at radius 3 is 3.00 bits per heavy atom. The summed E-state index contributed by atoms with van der Waals surface area (Å²) in [5.74, 6) is 0.405. The predicted octanol–water partition coefficient (Wildman–Crippen LogP) is 1.47. The van der Waals surface area contributed by atoms with Crippen molar-refractivity contribution in [2.24, 2.45) is 5.92 Å². The second-order valence-corrected chi connectivity index (χ2v) is 8.23. The number of likely N-dealkylation sites (tertiary alicyclic amines) is 1. The molecule has 5 nitrogen and oxygen atoms in total. The van der Waals surface area contributed by atoms with Crippen molar-refractivity contribution in [3.05, 3.63) is 16.1 Å². The maximum absolute atomic E-state index is 11.1. The molecule has 20 heavy (non-hydrogen) atoms. The number of piperidine rings is 1. The number of hydrogen-bond donors (Lipinski definition) is 1. The molecule has 1 N–H and O–H groups in total. The van der Waals surface area contributed by atoms with E-state index in [0.29, 0.717) is 12.5 Å². The Bertz CT molecular complexity index is 527. The molecule has 1 aromatic heterocycles. The molecule has 1 atom stereocenters. The van der Waals surface area contributed by atoms with Crippen LogP contribution in [0.1, 0.15) is 30.5 Å². The molecular weight excluding hydrogens is 294 g/mol. The number of hydrogen-bond acceptors (Lipinski definition) is 5. The van der Waals surface area contributed by atoms with E-state index < -0.39 is 10.0 Å². The molecule has 1 saturated heterocycles. The van der Waals surface area contributed by atoms with Gasteiger partial charge in [-0.3, -0.25) is 4.90 Å². The van der Waals surface area contributed by atoms with Crippen molar-refractivity contribution in [2.75, 3.05) is 25.9 Å². The molecule has 1 aliphatic heterocycles. The van der Waals surface area contributed by atoms with E-state index in [4.69, 9.17) is 0 Å². The van der Waals surface area contributed by atoms with Crippen LogP contribution in [0, 0.1) is 5.92 Å². The van der Waals surface area contributed by atoms with Crippen LogP contribution in [0.2, 0.25) is 0 Å². The van der Waals surface area contributed by atoms with Crippen LogP contribution in [0.3, 0.4) is 0 Å². The second-order valence-electron chi connectivity index (χ2n) is 5.45. The van der Waals surface area contributed by atoms with Gasteiger partial charge in [-0.25, -0.2) is 18.1 Å². The highest BCUT2D eigenvalue weighted by molar-refractivity contribution is 7.88. The lowest BCUT2D eigenvalue weighted by molar-refractivity contribution is 0.167. The minimum atomic E-state index is -3.08. The molecule has 0 amide bonds. The third-order valence-electron chi connectivity index (χ3n) is 3.52. The SMILES string of the molecule is CCc1nc(CN2CCCC(CNS(C)(=O)=O)C2)cs1. The van der Waals surface area contributed by atoms with E-state index in [9.17, 15) is 8.42 Å². The van der Waals surface area contributed by atoms with Crippen LogP contribution in [0.4, 0.5) is 0 Å². The van der Waals surface area contributed by atoms with Crippen LogP contribution >= 0.6 is 11.3 Å². The van der Waals surface area contributed by atoms with E-state index in [2.05, 4.69) is 26.9 Å². The van der Waals surface area contributed by atoms with E-state index in [1.807, 2.05) is 0 Å². The maximum atomic E-state index is 11.1. The first-order valence-corrected chi connectivity index (χ1v) is 9.83. The molecule has 2 rings (SSSR count). The topological polar surface area (TPSA) is 62.3 Å². The first kappa shape index (κ1) is 15.9. The standard InChI is InChI=1S/C13H23N3O2S2/c1-3-13-15-12(10-19-13)9-16-6-4-5-11(8-16)7-14-20(2,17)18/h10-11,14H,3-9H2,1-2H3. The van der Waals surface area contributed by atoms with Crippen LogP contribution in [-0.4, -0.2) is 44.2 Å². The van der Waals surface area contributed by atoms with Gasteiger partial charge in [0.15, 0.2) is 0 Å². The molecule has 114 valence electrons. The summed E-state index contributed by atoms with van der Waals surface area (Å²) >= 11 is 1.72. The Hall–Kier alpha value is -0.500. The fourth-order valence-corrected chi connectivity index (χ4v) is 3.82. The van der Waals surface area contributed by atoms with Gasteiger partial charge in [-0.1, -0.05) is 6.92 Å². The largest absolute Gasteiger partial charge is 0.297 e. The Balaban J connectivity index is 1.83. The van der Waals surface area contributed by atoms with E-state index in [0.717, 1.165) is 44.6 Å². The van der Waals surface area contributed by atoms with Gasteiger partial charge < -0.3 is 0 Å². The lowest BCUT2D eigenvalue weighted by atomic mass is 9.98. The van der Waals surface area contributed by atoms with E-state index in [1.165, 1.54) is 11.3 Å². The zero-order valence-electron chi connectivity index (χ0n) is 12.1. The Morgan fingerprint density at radius 1 is 1.55 bits per heavy atom. The summed E-state index contributed by atoms with van der Waals surface area (Å²) in [6.45, 7) is 5.57. The summed E-state index contributed by atoms with van der Waals surface area (Å²) in [7, 11) is -3.08. The molecule has 0 aliphatic carbocycles. The molecule has 0 saturated carbocycles. The first-order chi connectivity index (χ1) is 9.46. The molecule has 0 radical (unpaired) electrons. The quantitative estimate of drug-likeness (QED) is 0.863. The number of rotatable bonds is 6. The molecule has 1 aromatic rings. The van der Waals surface area contributed by atoms with E-state index in [1.54, 1.807) is 11.3 Å². The van der Waals surface area contributed by atoms with Crippen molar-refractivity contribution in [1.82, 2.24) is 14.6 Å². The second kappa shape index (κ2) is 6.98. The number of aromatic nitrogens is 1. The summed E-state index contributed by atoms with van der Waals surface area (Å²) in [4.78, 5) is 6.98. The molecule has 1 aliphatic rings. The smallest absolute Gasteiger partial charge is 0.208 e. The number of aryl methyl sites for hydroxylation is 1. The van der Waals surface area contributed by atoms with Gasteiger partial charge in [0.2, 0.25) is 10.0 Å². The summed E-state index contributed by atoms with van der Waals surface area (Å²) in [6.07, 6.45) is 4.43. The highest BCUT2D eigenvalue weighted by Crippen LogP contribution is 2.19. The maximum Gasteiger partial charge on any atom is 0.208 e. The average Bonchev–Trinajstić information content (AvgIpc) is 2.84. The molecule has 0 bridgehead atoms. The minimum Gasteiger partial charge on any atom is -0.297 e. The predicted molar refractivity (Wildman–Crippen MR) is 82.3 cm³/mol. The number of thiazole rings is 1. The zero-order chi connectivity index (χ0) is 14.6. The minimum absolute atomic E-state index is 0.405. The van der Waals surface area contributed by atoms with E-state index >= 15 is 0 Å². The average molecular weight is 317 g/mol. The van der Waals surface area contributed by atoms with Crippen LogP contribution in [-0.2, 0) is 23.0 Å². The highest BCUT2D eigenvalue weighted by Gasteiger charge is 2.21. The Labute approximate surface area is 125 Å². The number of nitrogens with zero attached hydrogens (tertiary/aromatic N) is 2. The normalized spacial score (nSPS) is 21.2. The van der Waals surface area contributed by atoms with Crippen molar-refractivity contribution < 1.29 is 8.42 Å². The monoisotopic (exact) mass is 317 g/mol. The van der Waals surface area contributed by atoms with Crippen LogP contribution in [0.5, 0.6) is 0 Å². The van der Waals surface area contributed by atoms with Gasteiger partial charge >= 0.3 is 0 Å². The lowest BCUT2D eigenvalue weighted by Crippen LogP contribution is -2.40. The summed E-state index contributed by atoms with van der Waals surface area (Å²) in [5.41, 5.74) is 1.14.